The van der Waals surface area contributed by atoms with Crippen molar-refractivity contribution in [3.05, 3.63) is 11.9 Å². The van der Waals surface area contributed by atoms with Crippen molar-refractivity contribution in [2.24, 2.45) is 0 Å². The molecule has 0 spiro atoms. The molecule has 0 aromatic carbocycles. The van der Waals surface area contributed by atoms with Gasteiger partial charge in [0.25, 0.3) is 0 Å². The highest BCUT2D eigenvalue weighted by Gasteiger charge is 2.21. The largest absolute Gasteiger partial charge is 0.381 e. The zero-order valence-electron chi connectivity index (χ0n) is 9.52. The van der Waals surface area contributed by atoms with E-state index < -0.39 is 0 Å². The van der Waals surface area contributed by atoms with Crippen LogP contribution in [0.5, 0.6) is 0 Å². The van der Waals surface area contributed by atoms with Crippen LogP contribution >= 0.6 is 0 Å². The fourth-order valence-electron chi connectivity index (χ4n) is 2.03. The van der Waals surface area contributed by atoms with Crippen LogP contribution in [0.1, 0.15) is 50.8 Å². The molecule has 15 heavy (non-hydrogen) atoms. The average Bonchev–Trinajstić information content (AvgIpc) is 2.78. The third-order valence-corrected chi connectivity index (χ3v) is 3.26. The van der Waals surface area contributed by atoms with Crippen LogP contribution in [0.25, 0.3) is 0 Å². The van der Waals surface area contributed by atoms with Crippen molar-refractivity contribution in [2.45, 2.75) is 45.1 Å². The van der Waals surface area contributed by atoms with Gasteiger partial charge in [0.2, 0.25) is 0 Å². The van der Waals surface area contributed by atoms with Crippen molar-refractivity contribution in [1.29, 1.82) is 0 Å². The lowest BCUT2D eigenvalue weighted by Crippen LogP contribution is -2.22. The zero-order chi connectivity index (χ0) is 10.7. The molecule has 1 unspecified atom stereocenters. The molecule has 2 heterocycles. The normalized spacial score (nSPS) is 20.4. The Labute approximate surface area is 90.6 Å². The maximum absolute atomic E-state index is 5.36. The van der Waals surface area contributed by atoms with Crippen molar-refractivity contribution in [1.82, 2.24) is 15.0 Å². The van der Waals surface area contributed by atoms with E-state index in [1.165, 1.54) is 5.69 Å². The van der Waals surface area contributed by atoms with Crippen LogP contribution in [0, 0.1) is 0 Å². The summed E-state index contributed by atoms with van der Waals surface area (Å²) in [5.74, 6) is 0.544. The van der Waals surface area contributed by atoms with Gasteiger partial charge in [-0.25, -0.2) is 4.68 Å². The van der Waals surface area contributed by atoms with E-state index in [0.717, 1.165) is 32.5 Å². The second kappa shape index (κ2) is 4.75. The minimum Gasteiger partial charge on any atom is -0.381 e. The summed E-state index contributed by atoms with van der Waals surface area (Å²) in [5, 5.41) is 8.26. The van der Waals surface area contributed by atoms with Crippen molar-refractivity contribution in [3.63, 3.8) is 0 Å². The van der Waals surface area contributed by atoms with Gasteiger partial charge < -0.3 is 4.74 Å². The Kier molecular flexibility index (Phi) is 3.36. The maximum Gasteiger partial charge on any atom is 0.0728 e. The summed E-state index contributed by atoms with van der Waals surface area (Å²) < 4.78 is 7.47. The molecule has 0 saturated carbocycles. The van der Waals surface area contributed by atoms with E-state index in [1.54, 1.807) is 0 Å². The number of ether oxygens (including phenoxy) is 1. The molecule has 0 amide bonds. The minimum absolute atomic E-state index is 0.491. The summed E-state index contributed by atoms with van der Waals surface area (Å²) in [7, 11) is 0. The Morgan fingerprint density at radius 1 is 1.53 bits per heavy atom. The van der Waals surface area contributed by atoms with E-state index in [-0.39, 0.29) is 0 Å². The van der Waals surface area contributed by atoms with Gasteiger partial charge in [-0.15, -0.1) is 5.10 Å². The number of aromatic nitrogens is 3. The van der Waals surface area contributed by atoms with E-state index in [4.69, 9.17) is 4.74 Å². The van der Waals surface area contributed by atoms with E-state index in [0.29, 0.717) is 12.0 Å². The molecule has 4 heteroatoms. The molecule has 1 atom stereocenters. The van der Waals surface area contributed by atoms with Crippen LogP contribution in [0.15, 0.2) is 6.20 Å². The molecule has 4 nitrogen and oxygen atoms in total. The summed E-state index contributed by atoms with van der Waals surface area (Å²) >= 11 is 0. The van der Waals surface area contributed by atoms with Crippen LogP contribution in [-0.2, 0) is 4.74 Å². The van der Waals surface area contributed by atoms with Gasteiger partial charge in [0.05, 0.1) is 17.9 Å². The first kappa shape index (κ1) is 10.6. The molecular weight excluding hydrogens is 190 g/mol. The monoisotopic (exact) mass is 209 g/mol. The van der Waals surface area contributed by atoms with Crippen molar-refractivity contribution in [3.8, 4) is 0 Å². The lowest BCUT2D eigenvalue weighted by Gasteiger charge is -2.24. The molecule has 0 aliphatic carbocycles. The molecule has 1 saturated heterocycles. The van der Waals surface area contributed by atoms with E-state index in [1.807, 2.05) is 6.20 Å². The minimum atomic E-state index is 0.491. The lowest BCUT2D eigenvalue weighted by molar-refractivity contribution is 0.0646. The molecule has 1 aliphatic heterocycles. The smallest absolute Gasteiger partial charge is 0.0728 e. The lowest BCUT2D eigenvalue weighted by atomic mass is 10.0. The predicted molar refractivity (Wildman–Crippen MR) is 57.8 cm³/mol. The maximum atomic E-state index is 5.36. The van der Waals surface area contributed by atoms with Gasteiger partial charge in [0.15, 0.2) is 0 Å². The Bertz CT molecular complexity index is 305. The van der Waals surface area contributed by atoms with Crippen LogP contribution in [-0.4, -0.2) is 28.2 Å². The molecule has 0 N–H and O–H groups in total. The van der Waals surface area contributed by atoms with Gasteiger partial charge in [0, 0.05) is 13.2 Å². The van der Waals surface area contributed by atoms with Gasteiger partial charge in [-0.05, 0) is 25.2 Å². The summed E-state index contributed by atoms with van der Waals surface area (Å²) in [5.41, 5.74) is 1.27. The van der Waals surface area contributed by atoms with E-state index in [2.05, 4.69) is 28.8 Å². The fourth-order valence-corrected chi connectivity index (χ4v) is 2.03. The first-order chi connectivity index (χ1) is 7.33. The van der Waals surface area contributed by atoms with Crippen LogP contribution in [0.3, 0.4) is 0 Å². The van der Waals surface area contributed by atoms with Crippen LogP contribution in [0.4, 0.5) is 0 Å². The van der Waals surface area contributed by atoms with E-state index >= 15 is 0 Å². The number of hydrogen-bond acceptors (Lipinski definition) is 3. The topological polar surface area (TPSA) is 39.9 Å². The van der Waals surface area contributed by atoms with Crippen molar-refractivity contribution in [2.75, 3.05) is 13.2 Å². The molecule has 84 valence electrons. The molecule has 1 fully saturated rings. The molecule has 2 rings (SSSR count). The highest BCUT2D eigenvalue weighted by atomic mass is 16.5. The van der Waals surface area contributed by atoms with Gasteiger partial charge in [-0.3, -0.25) is 0 Å². The number of nitrogens with zero attached hydrogens (tertiary/aromatic N) is 3. The number of rotatable bonds is 3. The Morgan fingerprint density at radius 3 is 2.93 bits per heavy atom. The number of hydrogen-bond donors (Lipinski definition) is 0. The molecule has 0 radical (unpaired) electrons. The quantitative estimate of drug-likeness (QED) is 0.765. The molecule has 1 aromatic rings. The zero-order valence-corrected chi connectivity index (χ0v) is 9.52. The van der Waals surface area contributed by atoms with Gasteiger partial charge >= 0.3 is 0 Å². The first-order valence-electron chi connectivity index (χ1n) is 5.80. The Balaban J connectivity index is 2.15. The standard InChI is InChI=1S/C11H19N3O/c1-3-9(2)11-8-12-13-14(11)10-4-6-15-7-5-10/h8-10H,3-7H2,1-2H3. The van der Waals surface area contributed by atoms with Crippen LogP contribution in [0.2, 0.25) is 0 Å². The average molecular weight is 209 g/mol. The van der Waals surface area contributed by atoms with Gasteiger partial charge in [-0.2, -0.15) is 0 Å². The third-order valence-electron chi connectivity index (χ3n) is 3.26. The second-order valence-corrected chi connectivity index (χ2v) is 4.26. The molecule has 1 aliphatic rings. The highest BCUT2D eigenvalue weighted by Crippen LogP contribution is 2.25. The summed E-state index contributed by atoms with van der Waals surface area (Å²) in [4.78, 5) is 0. The van der Waals surface area contributed by atoms with Gasteiger partial charge in [-0.1, -0.05) is 19.1 Å². The van der Waals surface area contributed by atoms with Crippen molar-refractivity contribution >= 4 is 0 Å². The molecule has 0 bridgehead atoms. The molecular formula is C11H19N3O. The second-order valence-electron chi connectivity index (χ2n) is 4.26. The van der Waals surface area contributed by atoms with Crippen LogP contribution < -0.4 is 0 Å². The third kappa shape index (κ3) is 2.20. The first-order valence-corrected chi connectivity index (χ1v) is 5.80. The summed E-state index contributed by atoms with van der Waals surface area (Å²) in [6, 6.07) is 0.491. The Hall–Kier alpha value is -0.900. The molecule has 1 aromatic heterocycles. The summed E-state index contributed by atoms with van der Waals surface area (Å²) in [6.45, 7) is 6.13. The predicted octanol–water partition coefficient (Wildman–Crippen LogP) is 2.14. The van der Waals surface area contributed by atoms with E-state index in [9.17, 15) is 0 Å². The Morgan fingerprint density at radius 2 is 2.27 bits per heavy atom. The fraction of sp³-hybridized carbons (Fsp3) is 0.818. The SMILES string of the molecule is CCC(C)c1cnnn1C1CCOCC1. The highest BCUT2D eigenvalue weighted by molar-refractivity contribution is 5.03. The van der Waals surface area contributed by atoms with Crippen molar-refractivity contribution < 1.29 is 4.74 Å². The summed E-state index contributed by atoms with van der Waals surface area (Å²) in [6.07, 6.45) is 5.17. The van der Waals surface area contributed by atoms with Gasteiger partial charge in [0.1, 0.15) is 0 Å².